The van der Waals surface area contributed by atoms with Crippen LogP contribution in [-0.2, 0) is 0 Å². The number of hydrogen-bond acceptors (Lipinski definition) is 3. The number of hydrogen-bond donors (Lipinski definition) is 2. The van der Waals surface area contributed by atoms with Crippen molar-refractivity contribution in [1.29, 1.82) is 0 Å². The maximum atomic E-state index is 8.78. The number of nitrogens with zero attached hydrogens (tertiary/aromatic N) is 2. The van der Waals surface area contributed by atoms with Gasteiger partial charge >= 0.3 is 0 Å². The van der Waals surface area contributed by atoms with E-state index in [9.17, 15) is 0 Å². The molecule has 0 radical (unpaired) electrons. The van der Waals surface area contributed by atoms with Crippen molar-refractivity contribution in [3.63, 3.8) is 0 Å². The van der Waals surface area contributed by atoms with Crippen LogP contribution in [0.2, 0.25) is 0 Å². The molecule has 4 nitrogen and oxygen atoms in total. The normalized spacial score (nSPS) is 10.8. The molecule has 0 aliphatic carbocycles. The fraction of sp³-hybridized carbons (Fsp3) is 0.133. The van der Waals surface area contributed by atoms with Crippen molar-refractivity contribution in [3.8, 4) is 5.69 Å². The molecule has 0 bridgehead atoms. The molecule has 0 fully saturated rings. The van der Waals surface area contributed by atoms with Gasteiger partial charge in [0.15, 0.2) is 0 Å². The van der Waals surface area contributed by atoms with Gasteiger partial charge in [-0.05, 0) is 36.4 Å². The first-order valence-electron chi connectivity index (χ1n) is 6.26. The van der Waals surface area contributed by atoms with E-state index in [0.717, 1.165) is 22.4 Å². The molecule has 0 saturated heterocycles. The molecule has 1 aromatic heterocycles. The van der Waals surface area contributed by atoms with Gasteiger partial charge < -0.3 is 10.4 Å². The van der Waals surface area contributed by atoms with Crippen LogP contribution in [0.15, 0.2) is 54.9 Å². The minimum Gasteiger partial charge on any atom is -0.395 e. The summed E-state index contributed by atoms with van der Waals surface area (Å²) in [6, 6.07) is 16.1. The third-order valence-electron chi connectivity index (χ3n) is 3.04. The summed E-state index contributed by atoms with van der Waals surface area (Å²) >= 11 is 0. The quantitative estimate of drug-likeness (QED) is 0.750. The summed E-state index contributed by atoms with van der Waals surface area (Å²) in [6.45, 7) is 0.696. The van der Waals surface area contributed by atoms with Gasteiger partial charge in [0.2, 0.25) is 0 Å². The molecule has 0 saturated carbocycles. The van der Waals surface area contributed by atoms with Crippen molar-refractivity contribution in [2.24, 2.45) is 0 Å². The third-order valence-corrected chi connectivity index (χ3v) is 3.04. The molecule has 19 heavy (non-hydrogen) atoms. The van der Waals surface area contributed by atoms with Crippen molar-refractivity contribution < 1.29 is 5.11 Å². The Bertz CT molecular complexity index is 673. The smallest absolute Gasteiger partial charge is 0.100 e. The van der Waals surface area contributed by atoms with Crippen molar-refractivity contribution >= 4 is 16.7 Å². The van der Waals surface area contributed by atoms with E-state index in [2.05, 4.69) is 20.9 Å². The Balaban J connectivity index is 1.93. The average molecular weight is 253 g/mol. The number of imidazole rings is 1. The van der Waals surface area contributed by atoms with Crippen molar-refractivity contribution in [3.05, 3.63) is 54.9 Å². The predicted molar refractivity (Wildman–Crippen MR) is 76.6 cm³/mol. The first-order valence-corrected chi connectivity index (χ1v) is 6.26. The summed E-state index contributed by atoms with van der Waals surface area (Å²) in [5.41, 5.74) is 4.16. The van der Waals surface area contributed by atoms with E-state index >= 15 is 0 Å². The van der Waals surface area contributed by atoms with Gasteiger partial charge in [0.25, 0.3) is 0 Å². The summed E-state index contributed by atoms with van der Waals surface area (Å²) in [6.07, 6.45) is 1.83. The largest absolute Gasteiger partial charge is 0.395 e. The Morgan fingerprint density at radius 2 is 1.84 bits per heavy atom. The highest BCUT2D eigenvalue weighted by Gasteiger charge is 2.03. The molecule has 2 aromatic carbocycles. The summed E-state index contributed by atoms with van der Waals surface area (Å²) < 4.78 is 2.06. The average Bonchev–Trinajstić information content (AvgIpc) is 2.90. The molecule has 1 heterocycles. The van der Waals surface area contributed by atoms with Crippen LogP contribution in [0.5, 0.6) is 0 Å². The van der Waals surface area contributed by atoms with Gasteiger partial charge in [-0.3, -0.25) is 4.57 Å². The lowest BCUT2D eigenvalue weighted by Crippen LogP contribution is -2.05. The summed E-state index contributed by atoms with van der Waals surface area (Å²) in [4.78, 5) is 4.38. The number of anilines is 1. The molecule has 3 rings (SSSR count). The second-order valence-electron chi connectivity index (χ2n) is 4.30. The number of para-hydroxylation sites is 2. The maximum absolute atomic E-state index is 8.78. The molecule has 0 aliphatic heterocycles. The fourth-order valence-electron chi connectivity index (χ4n) is 2.11. The highest BCUT2D eigenvalue weighted by atomic mass is 16.3. The van der Waals surface area contributed by atoms with E-state index in [0.29, 0.717) is 6.54 Å². The number of aliphatic hydroxyl groups is 1. The maximum Gasteiger partial charge on any atom is 0.100 e. The van der Waals surface area contributed by atoms with Crippen LogP contribution in [-0.4, -0.2) is 27.8 Å². The SMILES string of the molecule is OCCNc1ccc(-n2cnc3ccccc32)cc1. The number of aromatic nitrogens is 2. The van der Waals surface area contributed by atoms with Gasteiger partial charge in [0.1, 0.15) is 6.33 Å². The Labute approximate surface area is 111 Å². The van der Waals surface area contributed by atoms with Crippen LogP contribution in [0.25, 0.3) is 16.7 Å². The lowest BCUT2D eigenvalue weighted by Gasteiger charge is -2.07. The molecular formula is C15H15N3O. The van der Waals surface area contributed by atoms with Gasteiger partial charge in [-0.2, -0.15) is 0 Å². The van der Waals surface area contributed by atoms with E-state index in [1.165, 1.54) is 0 Å². The van der Waals surface area contributed by atoms with Crippen molar-refractivity contribution in [1.82, 2.24) is 9.55 Å². The van der Waals surface area contributed by atoms with Gasteiger partial charge in [-0.25, -0.2) is 4.98 Å². The zero-order valence-electron chi connectivity index (χ0n) is 10.5. The lowest BCUT2D eigenvalue weighted by atomic mass is 10.2. The number of benzene rings is 2. The van der Waals surface area contributed by atoms with Crippen molar-refractivity contribution in [2.75, 3.05) is 18.5 Å². The van der Waals surface area contributed by atoms with E-state index in [1.54, 1.807) is 0 Å². The molecular weight excluding hydrogens is 238 g/mol. The second kappa shape index (κ2) is 5.12. The van der Waals surface area contributed by atoms with Gasteiger partial charge in [0, 0.05) is 17.9 Å². The van der Waals surface area contributed by atoms with E-state index < -0.39 is 0 Å². The molecule has 0 atom stereocenters. The second-order valence-corrected chi connectivity index (χ2v) is 4.30. The number of fused-ring (bicyclic) bond motifs is 1. The molecule has 96 valence electrons. The fourth-order valence-corrected chi connectivity index (χ4v) is 2.11. The Morgan fingerprint density at radius 1 is 1.05 bits per heavy atom. The molecule has 0 amide bonds. The van der Waals surface area contributed by atoms with Crippen LogP contribution >= 0.6 is 0 Å². The van der Waals surface area contributed by atoms with Gasteiger partial charge in [0.05, 0.1) is 17.6 Å². The van der Waals surface area contributed by atoms with E-state index in [4.69, 9.17) is 5.11 Å². The zero-order chi connectivity index (χ0) is 13.1. The monoisotopic (exact) mass is 253 g/mol. The molecule has 3 aromatic rings. The topological polar surface area (TPSA) is 50.1 Å². The summed E-state index contributed by atoms with van der Waals surface area (Å²) in [7, 11) is 0. The summed E-state index contributed by atoms with van der Waals surface area (Å²) in [5, 5.41) is 11.9. The van der Waals surface area contributed by atoms with Gasteiger partial charge in [-0.15, -0.1) is 0 Å². The Kier molecular flexibility index (Phi) is 3.16. The van der Waals surface area contributed by atoms with E-state index in [1.807, 2.05) is 48.8 Å². The molecule has 4 heteroatoms. The number of nitrogens with one attached hydrogen (secondary N) is 1. The number of rotatable bonds is 4. The lowest BCUT2D eigenvalue weighted by molar-refractivity contribution is 0.311. The zero-order valence-corrected chi connectivity index (χ0v) is 10.5. The molecule has 0 aliphatic rings. The van der Waals surface area contributed by atoms with Crippen LogP contribution in [0.1, 0.15) is 0 Å². The van der Waals surface area contributed by atoms with Crippen LogP contribution < -0.4 is 5.32 Å². The van der Waals surface area contributed by atoms with Crippen LogP contribution in [0.3, 0.4) is 0 Å². The standard InChI is InChI=1S/C15H15N3O/c19-10-9-16-12-5-7-13(8-6-12)18-11-17-14-3-1-2-4-15(14)18/h1-8,11,16,19H,9-10H2. The summed E-state index contributed by atoms with van der Waals surface area (Å²) in [5.74, 6) is 0. The molecule has 0 unspecified atom stereocenters. The first-order chi connectivity index (χ1) is 9.38. The van der Waals surface area contributed by atoms with Crippen LogP contribution in [0, 0.1) is 0 Å². The predicted octanol–water partition coefficient (Wildman–Crippen LogP) is 2.43. The first kappa shape index (κ1) is 11.7. The molecule has 2 N–H and O–H groups in total. The highest BCUT2D eigenvalue weighted by Crippen LogP contribution is 2.19. The van der Waals surface area contributed by atoms with Gasteiger partial charge in [-0.1, -0.05) is 12.1 Å². The van der Waals surface area contributed by atoms with Crippen LogP contribution in [0.4, 0.5) is 5.69 Å². The Morgan fingerprint density at radius 3 is 2.63 bits per heavy atom. The Hall–Kier alpha value is -2.33. The third kappa shape index (κ3) is 2.30. The molecule has 0 spiro atoms. The highest BCUT2D eigenvalue weighted by molar-refractivity contribution is 5.77. The minimum atomic E-state index is 0.133. The van der Waals surface area contributed by atoms with E-state index in [-0.39, 0.29) is 6.61 Å². The minimum absolute atomic E-state index is 0.133. The number of aliphatic hydroxyl groups excluding tert-OH is 1. The van der Waals surface area contributed by atoms with Crippen molar-refractivity contribution in [2.45, 2.75) is 0 Å².